The molecule has 2 aromatic carbocycles. The molecule has 0 spiro atoms. The second-order valence-electron chi connectivity index (χ2n) is 20.8. The minimum atomic E-state index is -2.55. The lowest BCUT2D eigenvalue weighted by Crippen LogP contribution is -3.00. The van der Waals surface area contributed by atoms with E-state index in [1.54, 1.807) is 34.5 Å². The maximum Gasteiger partial charge on any atom is 0.161 e. The number of hydrogen-bond acceptors (Lipinski definition) is 8. The van der Waals surface area contributed by atoms with E-state index in [-0.39, 0.29) is 70.7 Å². The number of ether oxygens (including phenoxy) is 6. The molecule has 0 bridgehead atoms. The Morgan fingerprint density at radius 2 is 0.954 bits per heavy atom. The van der Waals surface area contributed by atoms with E-state index in [4.69, 9.17) is 28.4 Å². The molecule has 0 aliphatic heterocycles. The molecular weight excluding hydrogens is 932 g/mol. The zero-order valence-electron chi connectivity index (χ0n) is 44.1. The van der Waals surface area contributed by atoms with E-state index in [2.05, 4.69) is 81.4 Å². The normalized spacial score (nSPS) is 14.0. The highest BCUT2D eigenvalue weighted by atomic mass is 79.9. The first-order valence-corrected chi connectivity index (χ1v) is 30.8. The van der Waals surface area contributed by atoms with Crippen LogP contribution < -0.4 is 31.8 Å². The van der Waals surface area contributed by atoms with Crippen LogP contribution in [0.5, 0.6) is 23.0 Å². The van der Waals surface area contributed by atoms with Crippen LogP contribution in [0.2, 0.25) is 12.1 Å². The zero-order chi connectivity index (χ0) is 47.9. The number of benzene rings is 2. The molecule has 8 nitrogen and oxygen atoms in total. The Hall–Kier alpha value is -1.18. The van der Waals surface area contributed by atoms with E-state index in [9.17, 15) is 10.2 Å². The summed E-state index contributed by atoms with van der Waals surface area (Å²) in [6.07, 6.45) is 19.0. The molecule has 0 amide bonds. The summed E-state index contributed by atoms with van der Waals surface area (Å²) < 4.78 is 35.7. The van der Waals surface area contributed by atoms with E-state index in [1.165, 1.54) is 37.0 Å². The Bertz CT molecular complexity index is 1530. The van der Waals surface area contributed by atoms with Crippen molar-refractivity contribution in [2.24, 2.45) is 5.41 Å². The highest BCUT2D eigenvalue weighted by Gasteiger charge is 2.75. The van der Waals surface area contributed by atoms with Crippen molar-refractivity contribution < 1.29 is 55.6 Å². The number of hydrogen-bond donors (Lipinski definition) is 2. The summed E-state index contributed by atoms with van der Waals surface area (Å²) in [5.74, 6) is 2.30. The van der Waals surface area contributed by atoms with Crippen LogP contribution >= 0.6 is 7.26 Å². The van der Waals surface area contributed by atoms with Gasteiger partial charge in [0, 0.05) is 51.9 Å². The van der Waals surface area contributed by atoms with Crippen molar-refractivity contribution in [3.63, 3.8) is 0 Å². The third kappa shape index (κ3) is 17.3. The van der Waals surface area contributed by atoms with E-state index in [0.717, 1.165) is 107 Å². The molecule has 65 heavy (non-hydrogen) atoms. The lowest BCUT2D eigenvalue weighted by atomic mass is 9.64. The van der Waals surface area contributed by atoms with Crippen molar-refractivity contribution in [2.75, 3.05) is 41.7 Å². The Labute approximate surface area is 414 Å². The Morgan fingerprint density at radius 3 is 1.43 bits per heavy atom. The van der Waals surface area contributed by atoms with Crippen molar-refractivity contribution >= 4 is 31.6 Å². The number of methoxy groups -OCH3 is 4. The van der Waals surface area contributed by atoms with Crippen molar-refractivity contribution in [1.29, 1.82) is 0 Å². The number of aromatic hydroxyl groups is 2. The summed E-state index contributed by atoms with van der Waals surface area (Å²) in [7, 11) is 3.44. The Balaban J connectivity index is 0.0000211. The van der Waals surface area contributed by atoms with Gasteiger partial charge in [-0.15, -0.1) is 0 Å². The molecule has 2 rings (SSSR count). The fourth-order valence-corrected chi connectivity index (χ4v) is 23.7. The molecular formula is C53H98BrO8PSi2. The van der Waals surface area contributed by atoms with Crippen molar-refractivity contribution in [3.8, 4) is 23.0 Å². The molecule has 378 valence electrons. The topological polar surface area (TPSA) is 95.8 Å². The van der Waals surface area contributed by atoms with Crippen LogP contribution in [0.1, 0.15) is 178 Å². The van der Waals surface area contributed by atoms with Crippen molar-refractivity contribution in [2.45, 2.75) is 218 Å². The molecule has 12 heteroatoms. The minimum absolute atomic E-state index is 0. The monoisotopic (exact) mass is 1030 g/mol. The van der Waals surface area contributed by atoms with Crippen molar-refractivity contribution in [1.82, 2.24) is 0 Å². The summed E-state index contributed by atoms with van der Waals surface area (Å²) in [6.45, 7) is 25.8. The molecule has 0 aliphatic carbocycles. The maximum atomic E-state index is 11.7. The van der Waals surface area contributed by atoms with Gasteiger partial charge in [0.2, 0.25) is 0 Å². The zero-order valence-corrected chi connectivity index (χ0v) is 49.4. The van der Waals surface area contributed by atoms with Crippen LogP contribution in [-0.4, -0.2) is 98.2 Å². The highest BCUT2D eigenvalue weighted by Crippen LogP contribution is 2.88. The number of rotatable bonds is 35. The van der Waals surface area contributed by atoms with E-state index >= 15 is 0 Å². The van der Waals surface area contributed by atoms with Gasteiger partial charge < -0.3 is 55.6 Å². The minimum Gasteiger partial charge on any atom is -1.00 e. The first-order chi connectivity index (χ1) is 30.4. The van der Waals surface area contributed by atoms with E-state index in [1.807, 2.05) is 18.2 Å². The number of phenolic OH excluding ortho intramolecular Hbond substituents is 2. The highest BCUT2D eigenvalue weighted by molar-refractivity contribution is 7.87. The number of phenols is 2. The molecule has 0 fully saturated rings. The quantitative estimate of drug-likeness (QED) is 0.0305. The van der Waals surface area contributed by atoms with Crippen LogP contribution in [-0.2, 0) is 25.4 Å². The predicted molar refractivity (Wildman–Crippen MR) is 281 cm³/mol. The van der Waals surface area contributed by atoms with Gasteiger partial charge in [0.05, 0.1) is 55.0 Å². The van der Waals surface area contributed by atoms with Crippen LogP contribution in [0.4, 0.5) is 0 Å². The molecule has 1 atom stereocenters. The Morgan fingerprint density at radius 1 is 0.538 bits per heavy atom. The van der Waals surface area contributed by atoms with Gasteiger partial charge in [0.25, 0.3) is 0 Å². The molecule has 0 radical (unpaired) electrons. The maximum absolute atomic E-state index is 11.7. The molecule has 0 saturated heterocycles. The van der Waals surface area contributed by atoms with Gasteiger partial charge in [-0.1, -0.05) is 103 Å². The van der Waals surface area contributed by atoms with Gasteiger partial charge >= 0.3 is 0 Å². The average Bonchev–Trinajstić information content (AvgIpc) is 3.24. The van der Waals surface area contributed by atoms with Gasteiger partial charge in [-0.3, -0.25) is 0 Å². The largest absolute Gasteiger partial charge is 1.00 e. The molecule has 0 aliphatic rings. The molecule has 2 aromatic rings. The first kappa shape index (κ1) is 61.8. The fourth-order valence-electron chi connectivity index (χ4n) is 11.7. The lowest BCUT2D eigenvalue weighted by molar-refractivity contribution is -0.0442. The molecule has 2 N–H and O–H groups in total. The fraction of sp³-hybridized carbons (Fsp3) is 0.774. The first-order valence-electron chi connectivity index (χ1n) is 25.3. The summed E-state index contributed by atoms with van der Waals surface area (Å²) in [5.41, 5.74) is 1.04. The third-order valence-electron chi connectivity index (χ3n) is 14.3. The van der Waals surface area contributed by atoms with Crippen LogP contribution in [0.25, 0.3) is 0 Å². The van der Waals surface area contributed by atoms with E-state index < -0.39 is 16.8 Å². The lowest BCUT2D eigenvalue weighted by Gasteiger charge is -2.63. The smallest absolute Gasteiger partial charge is 0.161 e. The molecule has 0 aromatic heterocycles. The summed E-state index contributed by atoms with van der Waals surface area (Å²) >= 11 is 0. The standard InChI is InChI=1S/C53H97O8PSi2.BrH/c1-15-18-32-53(33-19-16-2,34-20-17-3)52(10,41-42-39-43(54)28-30-45(42)60-35-25-23-21-22-24-26-37-63-48(56-11)57-12)62(50(4,5)6,51(7,8)9)47-40-44(55)29-31-46(47)61-36-27-38-64-49(58-13)59-14;/h28-31,39-40,48-49H,15-27,32-38,41,63-64H2,1-14H3,(H-,54,55);1H. The van der Waals surface area contributed by atoms with Gasteiger partial charge in [-0.25, -0.2) is 0 Å². The second kappa shape index (κ2) is 31.1. The molecule has 0 saturated carbocycles. The Kier molecular flexibility index (Phi) is 29.6. The van der Waals surface area contributed by atoms with E-state index in [0.29, 0.717) is 13.2 Å². The summed E-state index contributed by atoms with van der Waals surface area (Å²) in [5, 5.41) is 23.4. The van der Waals surface area contributed by atoms with Crippen LogP contribution in [0, 0.1) is 5.41 Å². The van der Waals surface area contributed by atoms with Gasteiger partial charge in [-0.05, 0) is 111 Å². The average molecular weight is 1030 g/mol. The van der Waals surface area contributed by atoms with Gasteiger partial charge in [-0.2, -0.15) is 0 Å². The number of unbranched alkanes of at least 4 members (excludes halogenated alkanes) is 8. The molecule has 0 heterocycles. The third-order valence-corrected chi connectivity index (χ3v) is 25.6. The van der Waals surface area contributed by atoms with Crippen LogP contribution in [0.3, 0.4) is 0 Å². The summed E-state index contributed by atoms with van der Waals surface area (Å²) in [4.78, 5) is 0. The van der Waals surface area contributed by atoms with Gasteiger partial charge in [0.1, 0.15) is 34.4 Å². The summed E-state index contributed by atoms with van der Waals surface area (Å²) in [6, 6.07) is 14.1. The second-order valence-corrected chi connectivity index (χ2v) is 30.2. The van der Waals surface area contributed by atoms with Gasteiger partial charge in [0.15, 0.2) is 5.75 Å². The van der Waals surface area contributed by atoms with Crippen molar-refractivity contribution in [3.05, 3.63) is 42.0 Å². The SMILES string of the molecule is CCCCC(CCCC)(CCCC)C(C)(Cc1cc(O)ccc1OCCCCCCCC[SiH2]C(OC)OC)[P+](c1cc(O)ccc1OCCC[SiH2]C(OC)OC)(C(C)(C)C)C(C)(C)C.[Br-]. The number of halogens is 1. The van der Waals surface area contributed by atoms with Crippen LogP contribution in [0.15, 0.2) is 36.4 Å². The molecule has 1 unspecified atom stereocenters. The predicted octanol–water partition coefficient (Wildman–Crippen LogP) is 9.72.